The molecule has 0 aromatic carbocycles. The van der Waals surface area contributed by atoms with E-state index in [4.69, 9.17) is 20.4 Å². The summed E-state index contributed by atoms with van der Waals surface area (Å²) in [4.78, 5) is 10.3. The second kappa shape index (κ2) is 10.9. The van der Waals surface area contributed by atoms with E-state index in [1.807, 2.05) is 0 Å². The molecule has 18 heavy (non-hydrogen) atoms. The van der Waals surface area contributed by atoms with Gasteiger partial charge in [0.2, 0.25) is 0 Å². The Morgan fingerprint density at radius 1 is 1.17 bits per heavy atom. The van der Waals surface area contributed by atoms with Crippen LogP contribution in [0.15, 0.2) is 24.8 Å². The molecule has 0 fully saturated rings. The zero-order valence-electron chi connectivity index (χ0n) is 10.6. The summed E-state index contributed by atoms with van der Waals surface area (Å²) in [6, 6.07) is 0. The number of carbonyl (C=O) groups is 1. The van der Waals surface area contributed by atoms with Gasteiger partial charge in [-0.25, -0.2) is 4.79 Å². The van der Waals surface area contributed by atoms with Crippen LogP contribution in [0.2, 0.25) is 0 Å². The smallest absolute Gasteiger partial charge is 0.330 e. The first-order valence-electron chi connectivity index (χ1n) is 5.28. The number of hydrogen-bond donors (Lipinski definition) is 4. The molecule has 6 heteroatoms. The fraction of sp³-hybridized carbons (Fsp3) is 0.583. The van der Waals surface area contributed by atoms with E-state index < -0.39 is 37.8 Å². The topological polar surface area (TPSA) is 107 Å². The van der Waals surface area contributed by atoms with Crippen molar-refractivity contribution in [3.05, 3.63) is 24.8 Å². The standard InChI is InChI=1S/C7H10O2.C5H12O4/c1-4-7(8)9-5-6(2)3;6-1-5(2-7,3-8)4-9/h4H,1-2,5H2,3H3;6-9H,1-4H2. The molecule has 0 aromatic heterocycles. The average Bonchev–Trinajstić information content (AvgIpc) is 2.40. The molecule has 0 atom stereocenters. The first kappa shape index (κ1) is 19.1. The molecule has 0 saturated heterocycles. The van der Waals surface area contributed by atoms with E-state index >= 15 is 0 Å². The third kappa shape index (κ3) is 8.89. The monoisotopic (exact) mass is 262 g/mol. The second-order valence-electron chi connectivity index (χ2n) is 3.90. The summed E-state index contributed by atoms with van der Waals surface area (Å²) in [6.45, 7) is 7.23. The lowest BCUT2D eigenvalue weighted by atomic mass is 9.93. The SMILES string of the molecule is C=CC(=O)OCC(=C)C.OCC(CO)(CO)CO. The zero-order chi connectivity index (χ0) is 14.6. The molecule has 0 aromatic rings. The third-order valence-electron chi connectivity index (χ3n) is 1.97. The van der Waals surface area contributed by atoms with Crippen molar-refractivity contribution in [1.29, 1.82) is 0 Å². The Labute approximate surface area is 107 Å². The van der Waals surface area contributed by atoms with Crippen molar-refractivity contribution >= 4 is 5.97 Å². The number of esters is 1. The van der Waals surface area contributed by atoms with Gasteiger partial charge in [-0.15, -0.1) is 0 Å². The minimum atomic E-state index is -1.11. The maximum absolute atomic E-state index is 10.3. The van der Waals surface area contributed by atoms with Crippen molar-refractivity contribution in [1.82, 2.24) is 0 Å². The number of hydrogen-bond acceptors (Lipinski definition) is 6. The zero-order valence-corrected chi connectivity index (χ0v) is 10.6. The van der Waals surface area contributed by atoms with Gasteiger partial charge in [0.1, 0.15) is 6.61 Å². The van der Waals surface area contributed by atoms with Crippen LogP contribution in [0.25, 0.3) is 0 Å². The fourth-order valence-corrected chi connectivity index (χ4v) is 0.553. The molecule has 6 nitrogen and oxygen atoms in total. The van der Waals surface area contributed by atoms with Crippen molar-refractivity contribution in [2.45, 2.75) is 6.92 Å². The van der Waals surface area contributed by atoms with Crippen LogP contribution in [0, 0.1) is 5.41 Å². The van der Waals surface area contributed by atoms with E-state index in [0.29, 0.717) is 0 Å². The Bertz CT molecular complexity index is 240. The average molecular weight is 262 g/mol. The summed E-state index contributed by atoms with van der Waals surface area (Å²) in [7, 11) is 0. The molecule has 0 heterocycles. The maximum atomic E-state index is 10.3. The van der Waals surface area contributed by atoms with Crippen LogP contribution in [0.1, 0.15) is 6.92 Å². The van der Waals surface area contributed by atoms with Crippen LogP contribution in [-0.4, -0.2) is 59.4 Å². The molecular weight excluding hydrogens is 240 g/mol. The van der Waals surface area contributed by atoms with E-state index in [9.17, 15) is 4.79 Å². The van der Waals surface area contributed by atoms with Gasteiger partial charge in [-0.2, -0.15) is 0 Å². The molecule has 0 aliphatic carbocycles. The van der Waals surface area contributed by atoms with Crippen molar-refractivity contribution < 1.29 is 30.0 Å². The number of carbonyl (C=O) groups excluding carboxylic acids is 1. The summed E-state index contributed by atoms with van der Waals surface area (Å²) in [5.41, 5.74) is -0.287. The van der Waals surface area contributed by atoms with Gasteiger partial charge in [0, 0.05) is 6.08 Å². The number of aliphatic hydroxyl groups excluding tert-OH is 4. The van der Waals surface area contributed by atoms with Crippen LogP contribution in [0.5, 0.6) is 0 Å². The van der Waals surface area contributed by atoms with Gasteiger partial charge in [0.05, 0.1) is 31.8 Å². The molecule has 0 aliphatic rings. The highest BCUT2D eigenvalue weighted by atomic mass is 16.5. The molecule has 0 unspecified atom stereocenters. The van der Waals surface area contributed by atoms with E-state index in [1.54, 1.807) is 6.92 Å². The molecule has 0 saturated carbocycles. The van der Waals surface area contributed by atoms with E-state index in [0.717, 1.165) is 11.6 Å². The van der Waals surface area contributed by atoms with Gasteiger partial charge in [0.25, 0.3) is 0 Å². The maximum Gasteiger partial charge on any atom is 0.330 e. The van der Waals surface area contributed by atoms with Gasteiger partial charge >= 0.3 is 5.97 Å². The van der Waals surface area contributed by atoms with Gasteiger partial charge in [-0.3, -0.25) is 0 Å². The van der Waals surface area contributed by atoms with Crippen LogP contribution in [0.3, 0.4) is 0 Å². The van der Waals surface area contributed by atoms with Gasteiger partial charge < -0.3 is 25.2 Å². The van der Waals surface area contributed by atoms with Crippen LogP contribution >= 0.6 is 0 Å². The van der Waals surface area contributed by atoms with Crippen molar-refractivity contribution in [3.63, 3.8) is 0 Å². The number of ether oxygens (including phenoxy) is 1. The molecule has 0 radical (unpaired) electrons. The van der Waals surface area contributed by atoms with Gasteiger partial charge in [0.15, 0.2) is 0 Å². The highest BCUT2D eigenvalue weighted by Crippen LogP contribution is 2.11. The molecule has 0 rings (SSSR count). The van der Waals surface area contributed by atoms with Crippen LogP contribution in [-0.2, 0) is 9.53 Å². The van der Waals surface area contributed by atoms with Gasteiger partial charge in [-0.1, -0.05) is 13.2 Å². The van der Waals surface area contributed by atoms with Gasteiger partial charge in [-0.05, 0) is 12.5 Å². The first-order chi connectivity index (χ1) is 8.41. The summed E-state index contributed by atoms with van der Waals surface area (Å²) < 4.78 is 4.60. The Morgan fingerprint density at radius 3 is 1.72 bits per heavy atom. The van der Waals surface area contributed by atoms with E-state index in [-0.39, 0.29) is 6.61 Å². The number of rotatable bonds is 7. The predicted molar refractivity (Wildman–Crippen MR) is 66.7 cm³/mol. The molecular formula is C12H22O6. The van der Waals surface area contributed by atoms with Crippen LogP contribution in [0.4, 0.5) is 0 Å². The van der Waals surface area contributed by atoms with Crippen LogP contribution < -0.4 is 0 Å². The third-order valence-corrected chi connectivity index (χ3v) is 1.97. The molecule has 0 bridgehead atoms. The first-order valence-corrected chi connectivity index (χ1v) is 5.28. The lowest BCUT2D eigenvalue weighted by molar-refractivity contribution is -0.136. The summed E-state index contributed by atoms with van der Waals surface area (Å²) >= 11 is 0. The molecule has 0 amide bonds. The Balaban J connectivity index is 0. The van der Waals surface area contributed by atoms with Crippen molar-refractivity contribution in [3.8, 4) is 0 Å². The normalized spacial score (nSPS) is 10.1. The largest absolute Gasteiger partial charge is 0.458 e. The summed E-state index contributed by atoms with van der Waals surface area (Å²) in [6.07, 6.45) is 1.13. The van der Waals surface area contributed by atoms with E-state index in [2.05, 4.69) is 17.9 Å². The Hall–Kier alpha value is -1.21. The minimum Gasteiger partial charge on any atom is -0.458 e. The van der Waals surface area contributed by atoms with Crippen molar-refractivity contribution in [2.24, 2.45) is 5.41 Å². The fourth-order valence-electron chi connectivity index (χ4n) is 0.553. The molecule has 4 N–H and O–H groups in total. The summed E-state index contributed by atoms with van der Waals surface area (Å²) in [5.74, 6) is -0.405. The molecule has 106 valence electrons. The quantitative estimate of drug-likeness (QED) is 0.273. The molecule has 0 spiro atoms. The lowest BCUT2D eigenvalue weighted by Gasteiger charge is -2.23. The lowest BCUT2D eigenvalue weighted by Crippen LogP contribution is -2.37. The predicted octanol–water partition coefficient (Wildman–Crippen LogP) is -0.766. The summed E-state index contributed by atoms with van der Waals surface area (Å²) in [5, 5.41) is 34.0. The Morgan fingerprint density at radius 2 is 1.56 bits per heavy atom. The second-order valence-corrected chi connectivity index (χ2v) is 3.90. The number of aliphatic hydroxyl groups is 4. The highest BCUT2D eigenvalue weighted by Gasteiger charge is 2.26. The minimum absolute atomic E-state index is 0.283. The highest BCUT2D eigenvalue weighted by molar-refractivity contribution is 5.81. The Kier molecular flexibility index (Phi) is 11.6. The molecule has 0 aliphatic heterocycles. The van der Waals surface area contributed by atoms with E-state index in [1.165, 1.54) is 0 Å². The van der Waals surface area contributed by atoms with Crippen molar-refractivity contribution in [2.75, 3.05) is 33.0 Å².